The van der Waals surface area contributed by atoms with Crippen LogP contribution in [0.15, 0.2) is 35.1 Å². The molecular weight excluding hydrogens is 302 g/mol. The molecule has 0 saturated carbocycles. The molecule has 0 unspecified atom stereocenters. The van der Waals surface area contributed by atoms with E-state index >= 15 is 0 Å². The average molecular weight is 329 g/mol. The molecule has 1 atom stereocenters. The van der Waals surface area contributed by atoms with E-state index in [9.17, 15) is 4.79 Å². The molecule has 2 rings (SSSR count). The largest absolute Gasteiger partial charge is 0.351 e. The fraction of sp³-hybridized carbons (Fsp3) is 0.526. The molecule has 0 bridgehead atoms. The van der Waals surface area contributed by atoms with Crippen molar-refractivity contribution >= 4 is 5.91 Å². The van der Waals surface area contributed by atoms with Gasteiger partial charge in [-0.15, -0.1) is 0 Å². The molecule has 5 nitrogen and oxygen atoms in total. The zero-order valence-electron chi connectivity index (χ0n) is 15.2. The van der Waals surface area contributed by atoms with Gasteiger partial charge in [0.05, 0.1) is 11.7 Å². The van der Waals surface area contributed by atoms with Crippen LogP contribution >= 0.6 is 0 Å². The predicted molar refractivity (Wildman–Crippen MR) is 93.6 cm³/mol. The first-order valence-corrected chi connectivity index (χ1v) is 8.41. The number of hydrogen-bond donors (Lipinski definition) is 1. The van der Waals surface area contributed by atoms with Crippen molar-refractivity contribution in [1.82, 2.24) is 15.5 Å². The van der Waals surface area contributed by atoms with Crippen LogP contribution in [-0.2, 0) is 6.42 Å². The van der Waals surface area contributed by atoms with Gasteiger partial charge >= 0.3 is 0 Å². The summed E-state index contributed by atoms with van der Waals surface area (Å²) in [4.78, 5) is 16.7. The number of aromatic nitrogens is 2. The lowest BCUT2D eigenvalue weighted by atomic mass is 9.86. The van der Waals surface area contributed by atoms with Crippen molar-refractivity contribution < 1.29 is 9.32 Å². The highest BCUT2D eigenvalue weighted by molar-refractivity contribution is 5.91. The summed E-state index contributed by atoms with van der Waals surface area (Å²) in [6, 6.07) is 5.47. The van der Waals surface area contributed by atoms with Gasteiger partial charge in [-0.05, 0) is 35.8 Å². The molecule has 1 N–H and O–H groups in total. The van der Waals surface area contributed by atoms with Crippen LogP contribution in [0.4, 0.5) is 0 Å². The zero-order chi connectivity index (χ0) is 17.7. The van der Waals surface area contributed by atoms with Gasteiger partial charge in [0.25, 0.3) is 5.91 Å². The maximum absolute atomic E-state index is 12.5. The Morgan fingerprint density at radius 3 is 2.67 bits per heavy atom. The molecule has 0 spiro atoms. The molecule has 0 aliphatic rings. The Bertz CT molecular complexity index is 657. The molecular formula is C19H27N3O2. The predicted octanol–water partition coefficient (Wildman–Crippen LogP) is 4.18. The van der Waals surface area contributed by atoms with Gasteiger partial charge in [0, 0.05) is 18.5 Å². The molecule has 1 amide bonds. The highest BCUT2D eigenvalue weighted by atomic mass is 16.5. The summed E-state index contributed by atoms with van der Waals surface area (Å²) in [7, 11) is 0. The second-order valence-corrected chi connectivity index (χ2v) is 7.86. The number of carbonyl (C=O) groups excluding carboxylic acids is 1. The zero-order valence-corrected chi connectivity index (χ0v) is 15.2. The van der Waals surface area contributed by atoms with E-state index in [1.165, 1.54) is 0 Å². The van der Waals surface area contributed by atoms with Crippen LogP contribution in [0.25, 0.3) is 0 Å². The Kier molecular flexibility index (Phi) is 5.75. The first-order valence-electron chi connectivity index (χ1n) is 8.41. The summed E-state index contributed by atoms with van der Waals surface area (Å²) in [5.41, 5.74) is 1.87. The molecule has 2 aromatic rings. The van der Waals surface area contributed by atoms with Crippen molar-refractivity contribution in [2.45, 2.75) is 53.5 Å². The molecule has 2 aromatic heterocycles. The summed E-state index contributed by atoms with van der Waals surface area (Å²) < 4.78 is 5.22. The highest BCUT2D eigenvalue weighted by Gasteiger charge is 2.24. The van der Waals surface area contributed by atoms with Gasteiger partial charge in [0.2, 0.25) is 5.76 Å². The van der Waals surface area contributed by atoms with Crippen LogP contribution in [0.2, 0.25) is 0 Å². The van der Waals surface area contributed by atoms with Gasteiger partial charge in [0.15, 0.2) is 0 Å². The van der Waals surface area contributed by atoms with Gasteiger partial charge in [-0.2, -0.15) is 0 Å². The minimum Gasteiger partial charge on any atom is -0.351 e. The van der Waals surface area contributed by atoms with E-state index in [0.717, 1.165) is 24.1 Å². The Hall–Kier alpha value is -2.17. The molecule has 0 aliphatic carbocycles. The Morgan fingerprint density at radius 1 is 1.33 bits per heavy atom. The van der Waals surface area contributed by atoms with Crippen molar-refractivity contribution in [2.75, 3.05) is 0 Å². The summed E-state index contributed by atoms with van der Waals surface area (Å²) >= 11 is 0. The van der Waals surface area contributed by atoms with Crippen molar-refractivity contribution in [2.24, 2.45) is 11.3 Å². The van der Waals surface area contributed by atoms with Gasteiger partial charge in [-0.1, -0.05) is 45.8 Å². The van der Waals surface area contributed by atoms with Crippen LogP contribution < -0.4 is 5.32 Å². The standard InChI is InChI=1S/C19H27N3O2/c1-13(2)9-15-10-17(24-22-15)18(23)21-16(11-19(3,4)5)14-7-6-8-20-12-14/h6-8,10,12-13,16H,9,11H2,1-5H3,(H,21,23)/t16-/m0/s1. The van der Waals surface area contributed by atoms with E-state index in [4.69, 9.17) is 4.52 Å². The Labute approximate surface area is 143 Å². The summed E-state index contributed by atoms with van der Waals surface area (Å²) in [5.74, 6) is 0.485. The number of pyridine rings is 1. The van der Waals surface area contributed by atoms with E-state index in [0.29, 0.717) is 5.92 Å². The lowest BCUT2D eigenvalue weighted by molar-refractivity contribution is 0.0888. The SMILES string of the molecule is CC(C)Cc1cc(C(=O)N[C@@H](CC(C)(C)C)c2cccnc2)on1. The van der Waals surface area contributed by atoms with Crippen LogP contribution in [0.1, 0.15) is 68.9 Å². The van der Waals surface area contributed by atoms with Crippen LogP contribution in [0.3, 0.4) is 0 Å². The number of hydrogen-bond acceptors (Lipinski definition) is 4. The molecule has 0 aromatic carbocycles. The molecule has 0 saturated heterocycles. The molecule has 0 aliphatic heterocycles. The summed E-state index contributed by atoms with van der Waals surface area (Å²) in [6.07, 6.45) is 5.12. The van der Waals surface area contributed by atoms with Crippen molar-refractivity contribution in [1.29, 1.82) is 0 Å². The Morgan fingerprint density at radius 2 is 2.08 bits per heavy atom. The molecule has 0 radical (unpaired) electrons. The minimum atomic E-state index is -0.240. The lowest BCUT2D eigenvalue weighted by Gasteiger charge is -2.26. The third kappa shape index (κ3) is 5.48. The summed E-state index contributed by atoms with van der Waals surface area (Å²) in [6.45, 7) is 10.7. The average Bonchev–Trinajstić information content (AvgIpc) is 2.94. The first-order chi connectivity index (χ1) is 11.2. The van der Waals surface area contributed by atoms with Gasteiger partial charge in [0.1, 0.15) is 0 Å². The number of nitrogens with zero attached hydrogens (tertiary/aromatic N) is 2. The molecule has 5 heteroatoms. The van der Waals surface area contributed by atoms with Crippen molar-refractivity contribution in [3.05, 3.63) is 47.6 Å². The summed E-state index contributed by atoms with van der Waals surface area (Å²) in [5, 5.41) is 7.04. The van der Waals surface area contributed by atoms with Gasteiger partial charge in [-0.25, -0.2) is 0 Å². The van der Waals surface area contributed by atoms with Gasteiger partial charge < -0.3 is 9.84 Å². The van der Waals surface area contributed by atoms with Crippen molar-refractivity contribution in [3.8, 4) is 0 Å². The van der Waals surface area contributed by atoms with Crippen molar-refractivity contribution in [3.63, 3.8) is 0 Å². The minimum absolute atomic E-state index is 0.0675. The van der Waals surface area contributed by atoms with Crippen LogP contribution in [-0.4, -0.2) is 16.0 Å². The van der Waals surface area contributed by atoms with E-state index in [1.54, 1.807) is 18.5 Å². The smallest absolute Gasteiger partial charge is 0.290 e. The molecule has 2 heterocycles. The molecule has 130 valence electrons. The molecule has 0 fully saturated rings. The second-order valence-electron chi connectivity index (χ2n) is 7.86. The van der Waals surface area contributed by atoms with E-state index < -0.39 is 0 Å². The van der Waals surface area contributed by atoms with Crippen LogP contribution in [0, 0.1) is 11.3 Å². The second kappa shape index (κ2) is 7.60. The number of amides is 1. The maximum atomic E-state index is 12.5. The third-order valence-corrected chi connectivity index (χ3v) is 3.61. The van der Waals surface area contributed by atoms with Gasteiger partial charge in [-0.3, -0.25) is 9.78 Å². The maximum Gasteiger partial charge on any atom is 0.290 e. The normalized spacial score (nSPS) is 13.1. The lowest BCUT2D eigenvalue weighted by Crippen LogP contribution is -2.31. The van der Waals surface area contributed by atoms with Crippen LogP contribution in [0.5, 0.6) is 0 Å². The third-order valence-electron chi connectivity index (χ3n) is 3.61. The fourth-order valence-corrected chi connectivity index (χ4v) is 2.61. The molecule has 24 heavy (non-hydrogen) atoms. The van der Waals surface area contributed by atoms with E-state index in [1.807, 2.05) is 12.1 Å². The number of rotatable bonds is 6. The fourth-order valence-electron chi connectivity index (χ4n) is 2.61. The topological polar surface area (TPSA) is 68.0 Å². The van der Waals surface area contributed by atoms with E-state index in [2.05, 4.69) is 50.1 Å². The monoisotopic (exact) mass is 329 g/mol. The number of carbonyl (C=O) groups is 1. The van der Waals surface area contributed by atoms with E-state index in [-0.39, 0.29) is 23.1 Å². The highest BCUT2D eigenvalue weighted by Crippen LogP contribution is 2.29. The first kappa shape index (κ1) is 18.2. The Balaban J connectivity index is 2.13. The number of nitrogens with one attached hydrogen (secondary N) is 1. The quantitative estimate of drug-likeness (QED) is 0.863.